The van der Waals surface area contributed by atoms with Crippen molar-refractivity contribution in [2.75, 3.05) is 0 Å². The van der Waals surface area contributed by atoms with Crippen molar-refractivity contribution in [1.82, 2.24) is 25.7 Å². The van der Waals surface area contributed by atoms with E-state index in [4.69, 9.17) is 12.2 Å². The van der Waals surface area contributed by atoms with Gasteiger partial charge < -0.3 is 10.3 Å². The van der Waals surface area contributed by atoms with Gasteiger partial charge in [-0.15, -0.1) is 0 Å². The third kappa shape index (κ3) is 3.59. The highest BCUT2D eigenvalue weighted by Gasteiger charge is 2.13. The molecule has 0 saturated heterocycles. The molecule has 0 bridgehead atoms. The molecule has 3 rings (SSSR count). The van der Waals surface area contributed by atoms with E-state index in [9.17, 15) is 0 Å². The monoisotopic (exact) mass is 316 g/mol. The molecule has 0 unspecified atom stereocenters. The number of pyridine rings is 1. The fraction of sp³-hybridized carbons (Fsp3) is 0.467. The Morgan fingerprint density at radius 3 is 2.95 bits per heavy atom. The summed E-state index contributed by atoms with van der Waals surface area (Å²) in [4.78, 5) is 11.8. The summed E-state index contributed by atoms with van der Waals surface area (Å²) in [6.45, 7) is 1.88. The Morgan fingerprint density at radius 2 is 2.18 bits per heavy atom. The summed E-state index contributed by atoms with van der Waals surface area (Å²) in [5.41, 5.74) is 5.23. The molecule has 0 spiro atoms. The molecule has 2 aromatic rings. The van der Waals surface area contributed by atoms with Crippen LogP contribution in [0.4, 0.5) is 0 Å². The van der Waals surface area contributed by atoms with Crippen molar-refractivity contribution in [3.8, 4) is 0 Å². The van der Waals surface area contributed by atoms with Crippen LogP contribution in [0.15, 0.2) is 23.4 Å². The molecule has 116 valence electrons. The van der Waals surface area contributed by atoms with Crippen molar-refractivity contribution in [1.29, 1.82) is 0 Å². The molecule has 2 heterocycles. The maximum atomic E-state index is 5.30. The van der Waals surface area contributed by atoms with Crippen molar-refractivity contribution in [3.63, 3.8) is 0 Å². The molecule has 3 N–H and O–H groups in total. The standard InChI is InChI=1S/C15H20N6S/c1-10(13-18-12-8-5-9-16-14(12)19-13)20-21-15(22)17-11-6-3-2-4-7-11/h5,8-9,11H,2-4,6-7H2,1H3,(H,16,18,19)(H2,17,21,22)/b20-10+. The molecule has 7 heteroatoms. The number of nitrogens with zero attached hydrogens (tertiary/aromatic N) is 3. The smallest absolute Gasteiger partial charge is 0.187 e. The molecule has 1 aliphatic carbocycles. The van der Waals surface area contributed by atoms with Gasteiger partial charge in [-0.05, 0) is 44.1 Å². The zero-order chi connectivity index (χ0) is 15.4. The fourth-order valence-corrected chi connectivity index (χ4v) is 2.88. The van der Waals surface area contributed by atoms with Gasteiger partial charge in [0, 0.05) is 12.2 Å². The number of imidazole rings is 1. The van der Waals surface area contributed by atoms with Gasteiger partial charge >= 0.3 is 0 Å². The molecule has 0 amide bonds. The van der Waals surface area contributed by atoms with Crippen LogP contribution in [-0.4, -0.2) is 31.8 Å². The Hall–Kier alpha value is -2.02. The van der Waals surface area contributed by atoms with Crippen molar-refractivity contribution in [3.05, 3.63) is 24.2 Å². The molecular weight excluding hydrogens is 296 g/mol. The molecule has 6 nitrogen and oxygen atoms in total. The average Bonchev–Trinajstić information content (AvgIpc) is 2.98. The quantitative estimate of drug-likeness (QED) is 0.461. The van der Waals surface area contributed by atoms with E-state index in [-0.39, 0.29) is 0 Å². The highest BCUT2D eigenvalue weighted by molar-refractivity contribution is 7.80. The number of fused-ring (bicyclic) bond motifs is 1. The molecule has 0 aliphatic heterocycles. The molecular formula is C15H20N6S. The normalized spacial score (nSPS) is 16.7. The van der Waals surface area contributed by atoms with Crippen LogP contribution in [0.5, 0.6) is 0 Å². The zero-order valence-corrected chi connectivity index (χ0v) is 13.4. The van der Waals surface area contributed by atoms with Gasteiger partial charge in [-0.25, -0.2) is 9.97 Å². The Bertz CT molecular complexity index is 653. The van der Waals surface area contributed by atoms with Crippen LogP contribution in [0.3, 0.4) is 0 Å². The molecule has 1 aliphatic rings. The summed E-state index contributed by atoms with van der Waals surface area (Å²) in [5, 5.41) is 8.19. The van der Waals surface area contributed by atoms with Crippen molar-refractivity contribution >= 4 is 34.2 Å². The van der Waals surface area contributed by atoms with Crippen LogP contribution in [0.1, 0.15) is 44.9 Å². The summed E-state index contributed by atoms with van der Waals surface area (Å²) < 4.78 is 0. The number of hydrazone groups is 1. The first-order valence-corrected chi connectivity index (χ1v) is 8.05. The number of hydrogen-bond acceptors (Lipinski definition) is 4. The molecule has 0 aromatic carbocycles. The van der Waals surface area contributed by atoms with E-state index in [0.29, 0.717) is 22.6 Å². The zero-order valence-electron chi connectivity index (χ0n) is 12.6. The summed E-state index contributed by atoms with van der Waals surface area (Å²) in [6.07, 6.45) is 7.96. The first-order chi connectivity index (χ1) is 10.7. The lowest BCUT2D eigenvalue weighted by Crippen LogP contribution is -2.41. The number of rotatable bonds is 3. The average molecular weight is 316 g/mol. The maximum absolute atomic E-state index is 5.30. The summed E-state index contributed by atoms with van der Waals surface area (Å²) in [6, 6.07) is 4.28. The first-order valence-electron chi connectivity index (χ1n) is 7.64. The second-order valence-electron chi connectivity index (χ2n) is 5.58. The van der Waals surface area contributed by atoms with E-state index < -0.39 is 0 Å². The Kier molecular flexibility index (Phi) is 4.62. The van der Waals surface area contributed by atoms with Crippen LogP contribution >= 0.6 is 12.2 Å². The van der Waals surface area contributed by atoms with E-state index in [1.54, 1.807) is 6.20 Å². The van der Waals surface area contributed by atoms with Crippen molar-refractivity contribution in [2.24, 2.45) is 5.10 Å². The third-order valence-electron chi connectivity index (χ3n) is 3.87. The number of thiocarbonyl (C=S) groups is 1. The predicted octanol–water partition coefficient (Wildman–Crippen LogP) is 2.48. The van der Waals surface area contributed by atoms with Gasteiger partial charge in [0.25, 0.3) is 0 Å². The van der Waals surface area contributed by atoms with Gasteiger partial charge in [-0.1, -0.05) is 19.3 Å². The van der Waals surface area contributed by atoms with Crippen LogP contribution in [0, 0.1) is 0 Å². The molecule has 0 radical (unpaired) electrons. The summed E-state index contributed by atoms with van der Waals surface area (Å²) in [5.74, 6) is 0.696. The topological polar surface area (TPSA) is 78.0 Å². The number of aromatic amines is 1. The second kappa shape index (κ2) is 6.83. The van der Waals surface area contributed by atoms with E-state index in [1.807, 2.05) is 19.1 Å². The minimum absolute atomic E-state index is 0.472. The van der Waals surface area contributed by atoms with E-state index >= 15 is 0 Å². The van der Waals surface area contributed by atoms with E-state index in [0.717, 1.165) is 11.2 Å². The molecule has 22 heavy (non-hydrogen) atoms. The minimum atomic E-state index is 0.472. The lowest BCUT2D eigenvalue weighted by molar-refractivity contribution is 0.412. The van der Waals surface area contributed by atoms with Gasteiger partial charge in [-0.3, -0.25) is 5.43 Å². The van der Waals surface area contributed by atoms with Gasteiger partial charge in [-0.2, -0.15) is 5.10 Å². The van der Waals surface area contributed by atoms with E-state index in [1.165, 1.54) is 32.1 Å². The molecule has 1 saturated carbocycles. The summed E-state index contributed by atoms with van der Waals surface area (Å²) >= 11 is 5.30. The van der Waals surface area contributed by atoms with Crippen LogP contribution in [0.2, 0.25) is 0 Å². The Morgan fingerprint density at radius 1 is 1.36 bits per heavy atom. The summed E-state index contributed by atoms with van der Waals surface area (Å²) in [7, 11) is 0. The van der Waals surface area contributed by atoms with Crippen molar-refractivity contribution in [2.45, 2.75) is 45.1 Å². The van der Waals surface area contributed by atoms with Crippen LogP contribution < -0.4 is 10.7 Å². The van der Waals surface area contributed by atoms with Crippen molar-refractivity contribution < 1.29 is 0 Å². The Balaban J connectivity index is 1.60. The predicted molar refractivity (Wildman–Crippen MR) is 91.8 cm³/mol. The largest absolute Gasteiger partial charge is 0.359 e. The lowest BCUT2D eigenvalue weighted by Gasteiger charge is -2.23. The SMILES string of the molecule is C/C(=N\NC(=S)NC1CCCCC1)c1nc2ncccc2[nH]1. The van der Waals surface area contributed by atoms with Gasteiger partial charge in [0.2, 0.25) is 0 Å². The van der Waals surface area contributed by atoms with Gasteiger partial charge in [0.15, 0.2) is 16.6 Å². The number of nitrogens with one attached hydrogen (secondary N) is 3. The number of hydrogen-bond donors (Lipinski definition) is 3. The maximum Gasteiger partial charge on any atom is 0.187 e. The first kappa shape index (κ1) is 14.9. The third-order valence-corrected chi connectivity index (χ3v) is 4.07. The minimum Gasteiger partial charge on any atom is -0.359 e. The number of H-pyrrole nitrogens is 1. The second-order valence-corrected chi connectivity index (χ2v) is 5.99. The molecule has 0 atom stereocenters. The highest BCUT2D eigenvalue weighted by atomic mass is 32.1. The van der Waals surface area contributed by atoms with Gasteiger partial charge in [0.05, 0.1) is 5.52 Å². The number of aromatic nitrogens is 3. The molecule has 1 fully saturated rings. The van der Waals surface area contributed by atoms with Gasteiger partial charge in [0.1, 0.15) is 5.71 Å². The van der Waals surface area contributed by atoms with Crippen LogP contribution in [0.25, 0.3) is 11.2 Å². The van der Waals surface area contributed by atoms with Crippen LogP contribution in [-0.2, 0) is 0 Å². The highest BCUT2D eigenvalue weighted by Crippen LogP contribution is 2.17. The Labute approximate surface area is 134 Å². The van der Waals surface area contributed by atoms with E-state index in [2.05, 4.69) is 30.8 Å². The molecule has 2 aromatic heterocycles. The lowest BCUT2D eigenvalue weighted by atomic mass is 9.96. The fourth-order valence-electron chi connectivity index (χ4n) is 2.67.